The number of nitrogens with zero attached hydrogens (tertiary/aromatic N) is 2. The normalized spacial score (nSPS) is 21.1. The summed E-state index contributed by atoms with van der Waals surface area (Å²) in [5.41, 5.74) is 1.60. The van der Waals surface area contributed by atoms with Gasteiger partial charge in [0, 0.05) is 18.2 Å². The summed E-state index contributed by atoms with van der Waals surface area (Å²) in [7, 11) is 0. The number of nitrogens with one attached hydrogen (secondary N) is 2. The third-order valence-corrected chi connectivity index (χ3v) is 3.47. The number of anilines is 2. The molecule has 0 spiro atoms. The first kappa shape index (κ1) is 12.1. The molecule has 1 aromatic heterocycles. The molecule has 2 N–H and O–H groups in total. The fourth-order valence-corrected chi connectivity index (χ4v) is 2.07. The van der Waals surface area contributed by atoms with Gasteiger partial charge < -0.3 is 10.6 Å². The minimum atomic E-state index is 0.411. The molecular weight excluding hydrogens is 212 g/mol. The van der Waals surface area contributed by atoms with Gasteiger partial charge >= 0.3 is 0 Å². The topological polar surface area (TPSA) is 49.8 Å². The Kier molecular flexibility index (Phi) is 3.22. The molecule has 4 heteroatoms. The van der Waals surface area contributed by atoms with Crippen LogP contribution in [0.25, 0.3) is 0 Å². The minimum Gasteiger partial charge on any atom is -0.370 e. The first-order chi connectivity index (χ1) is 8.08. The van der Waals surface area contributed by atoms with E-state index in [0.717, 1.165) is 24.6 Å². The van der Waals surface area contributed by atoms with Crippen molar-refractivity contribution in [2.45, 2.75) is 46.6 Å². The first-order valence-corrected chi connectivity index (χ1v) is 6.42. The van der Waals surface area contributed by atoms with Crippen LogP contribution in [0, 0.1) is 5.41 Å². The molecule has 1 aliphatic carbocycles. The molecule has 94 valence electrons. The van der Waals surface area contributed by atoms with Crippen molar-refractivity contribution < 1.29 is 0 Å². The second kappa shape index (κ2) is 4.51. The van der Waals surface area contributed by atoms with Gasteiger partial charge in [0.1, 0.15) is 18.0 Å². The Morgan fingerprint density at radius 3 is 2.47 bits per heavy atom. The molecule has 0 bridgehead atoms. The molecule has 0 aromatic carbocycles. The number of hydrogen-bond acceptors (Lipinski definition) is 4. The van der Waals surface area contributed by atoms with Gasteiger partial charge in [-0.3, -0.25) is 0 Å². The lowest BCUT2D eigenvalue weighted by Gasteiger charge is -2.14. The zero-order chi connectivity index (χ0) is 12.5. The number of rotatable bonds is 5. The number of aromatic nitrogens is 2. The zero-order valence-electron chi connectivity index (χ0n) is 11.2. The van der Waals surface area contributed by atoms with Crippen molar-refractivity contribution in [3.8, 4) is 0 Å². The molecule has 0 saturated heterocycles. The van der Waals surface area contributed by atoms with Crippen molar-refractivity contribution in [1.29, 1.82) is 0 Å². The highest BCUT2D eigenvalue weighted by atomic mass is 15.1. The predicted molar refractivity (Wildman–Crippen MR) is 71.4 cm³/mol. The van der Waals surface area contributed by atoms with Gasteiger partial charge in [0.2, 0.25) is 0 Å². The summed E-state index contributed by atoms with van der Waals surface area (Å²) < 4.78 is 0. The van der Waals surface area contributed by atoms with E-state index in [0.29, 0.717) is 11.5 Å². The van der Waals surface area contributed by atoms with E-state index in [-0.39, 0.29) is 0 Å². The molecule has 1 saturated carbocycles. The average Bonchev–Trinajstić information content (AvgIpc) is 2.87. The van der Waals surface area contributed by atoms with E-state index in [9.17, 15) is 0 Å². The van der Waals surface area contributed by atoms with E-state index in [1.54, 1.807) is 6.33 Å². The molecule has 2 rings (SSSR count). The molecule has 1 aliphatic rings. The Labute approximate surface area is 103 Å². The molecular formula is C13H22N4. The SMILES string of the molecule is CCNc1ncnc(NC2CC2(C)C)c1CC. The van der Waals surface area contributed by atoms with Crippen molar-refractivity contribution in [3.05, 3.63) is 11.9 Å². The molecule has 17 heavy (non-hydrogen) atoms. The maximum absolute atomic E-state index is 4.38. The Balaban J connectivity index is 2.18. The predicted octanol–water partition coefficient (Wildman–Crippen LogP) is 2.68. The second-order valence-electron chi connectivity index (χ2n) is 5.32. The smallest absolute Gasteiger partial charge is 0.134 e. The number of hydrogen-bond donors (Lipinski definition) is 2. The minimum absolute atomic E-state index is 0.411. The second-order valence-corrected chi connectivity index (χ2v) is 5.32. The standard InChI is InChI=1S/C13H22N4/c1-5-9-11(14-6-2)15-8-16-12(9)17-10-7-13(10,3)4/h8,10H,5-7H2,1-4H3,(H2,14,15,16,17). The van der Waals surface area contributed by atoms with Crippen LogP contribution in [0.5, 0.6) is 0 Å². The molecule has 1 fully saturated rings. The van der Waals surface area contributed by atoms with Gasteiger partial charge in [0.25, 0.3) is 0 Å². The van der Waals surface area contributed by atoms with E-state index in [1.165, 1.54) is 12.0 Å². The summed E-state index contributed by atoms with van der Waals surface area (Å²) in [6.45, 7) is 9.67. The molecule has 0 radical (unpaired) electrons. The lowest BCUT2D eigenvalue weighted by molar-refractivity contribution is 0.629. The summed E-state index contributed by atoms with van der Waals surface area (Å²) >= 11 is 0. The lowest BCUT2D eigenvalue weighted by atomic mass is 10.1. The molecule has 1 unspecified atom stereocenters. The van der Waals surface area contributed by atoms with Gasteiger partial charge in [-0.2, -0.15) is 0 Å². The highest BCUT2D eigenvalue weighted by Crippen LogP contribution is 2.46. The highest BCUT2D eigenvalue weighted by molar-refractivity contribution is 5.58. The largest absolute Gasteiger partial charge is 0.370 e. The van der Waals surface area contributed by atoms with Crippen LogP contribution in [-0.2, 0) is 6.42 Å². The van der Waals surface area contributed by atoms with Gasteiger partial charge in [-0.05, 0) is 25.2 Å². The van der Waals surface area contributed by atoms with Crippen LogP contribution < -0.4 is 10.6 Å². The summed E-state index contributed by atoms with van der Waals surface area (Å²) in [6, 6.07) is 0.553. The van der Waals surface area contributed by atoms with Crippen molar-refractivity contribution in [2.24, 2.45) is 5.41 Å². The van der Waals surface area contributed by atoms with Crippen molar-refractivity contribution >= 4 is 11.6 Å². The lowest BCUT2D eigenvalue weighted by Crippen LogP contribution is -2.14. The quantitative estimate of drug-likeness (QED) is 0.822. The van der Waals surface area contributed by atoms with Gasteiger partial charge in [0.05, 0.1) is 0 Å². The van der Waals surface area contributed by atoms with Gasteiger partial charge in [0.15, 0.2) is 0 Å². The monoisotopic (exact) mass is 234 g/mol. The van der Waals surface area contributed by atoms with Crippen molar-refractivity contribution in [1.82, 2.24) is 9.97 Å². The molecule has 1 atom stereocenters. The van der Waals surface area contributed by atoms with Crippen LogP contribution in [0.4, 0.5) is 11.6 Å². The highest BCUT2D eigenvalue weighted by Gasteiger charge is 2.46. The fraction of sp³-hybridized carbons (Fsp3) is 0.692. The molecule has 1 heterocycles. The molecule has 0 amide bonds. The van der Waals surface area contributed by atoms with Crippen molar-refractivity contribution in [3.63, 3.8) is 0 Å². The Hall–Kier alpha value is -1.32. The van der Waals surface area contributed by atoms with Gasteiger partial charge in [-0.15, -0.1) is 0 Å². The zero-order valence-corrected chi connectivity index (χ0v) is 11.2. The Morgan fingerprint density at radius 1 is 1.29 bits per heavy atom. The van der Waals surface area contributed by atoms with Crippen LogP contribution in [0.15, 0.2) is 6.33 Å². The maximum Gasteiger partial charge on any atom is 0.134 e. The van der Waals surface area contributed by atoms with E-state index >= 15 is 0 Å². The van der Waals surface area contributed by atoms with Crippen LogP contribution >= 0.6 is 0 Å². The van der Waals surface area contributed by atoms with Crippen LogP contribution in [0.1, 0.15) is 39.7 Å². The van der Waals surface area contributed by atoms with E-state index < -0.39 is 0 Å². The third kappa shape index (κ3) is 2.51. The fourth-order valence-electron chi connectivity index (χ4n) is 2.07. The van der Waals surface area contributed by atoms with Crippen LogP contribution in [0.3, 0.4) is 0 Å². The van der Waals surface area contributed by atoms with Crippen LogP contribution in [0.2, 0.25) is 0 Å². The average molecular weight is 234 g/mol. The summed E-state index contributed by atoms with van der Waals surface area (Å²) in [5.74, 6) is 1.96. The Bertz CT molecular complexity index is 400. The molecule has 1 aromatic rings. The Morgan fingerprint density at radius 2 is 1.94 bits per heavy atom. The first-order valence-electron chi connectivity index (χ1n) is 6.42. The molecule has 0 aliphatic heterocycles. The maximum atomic E-state index is 4.38. The summed E-state index contributed by atoms with van der Waals surface area (Å²) in [6.07, 6.45) is 3.80. The van der Waals surface area contributed by atoms with Gasteiger partial charge in [-0.25, -0.2) is 9.97 Å². The van der Waals surface area contributed by atoms with E-state index in [4.69, 9.17) is 0 Å². The van der Waals surface area contributed by atoms with Gasteiger partial charge in [-0.1, -0.05) is 20.8 Å². The van der Waals surface area contributed by atoms with E-state index in [1.807, 2.05) is 0 Å². The summed E-state index contributed by atoms with van der Waals surface area (Å²) in [4.78, 5) is 8.68. The summed E-state index contributed by atoms with van der Waals surface area (Å²) in [5, 5.41) is 6.82. The van der Waals surface area contributed by atoms with E-state index in [2.05, 4.69) is 48.3 Å². The van der Waals surface area contributed by atoms with Crippen LogP contribution in [-0.4, -0.2) is 22.6 Å². The third-order valence-electron chi connectivity index (χ3n) is 3.47. The van der Waals surface area contributed by atoms with Crippen molar-refractivity contribution in [2.75, 3.05) is 17.2 Å². The molecule has 4 nitrogen and oxygen atoms in total.